The van der Waals surface area contributed by atoms with Crippen molar-refractivity contribution in [2.24, 2.45) is 0 Å². The molecule has 5 heteroatoms. The molecule has 0 atom stereocenters. The zero-order chi connectivity index (χ0) is 19.9. The van der Waals surface area contributed by atoms with E-state index in [9.17, 15) is 4.79 Å². The molecule has 0 spiro atoms. The smallest absolute Gasteiger partial charge is 0.228 e. The molecular formula is C23H19ClN2O2. The monoisotopic (exact) mass is 390 g/mol. The van der Waals surface area contributed by atoms with Crippen molar-refractivity contribution < 1.29 is 9.53 Å². The van der Waals surface area contributed by atoms with E-state index in [0.717, 1.165) is 23.2 Å². The molecule has 3 aromatic rings. The van der Waals surface area contributed by atoms with E-state index in [1.54, 1.807) is 18.2 Å². The van der Waals surface area contributed by atoms with Gasteiger partial charge in [0, 0.05) is 10.7 Å². The van der Waals surface area contributed by atoms with Crippen molar-refractivity contribution in [1.82, 2.24) is 0 Å². The first-order valence-electron chi connectivity index (χ1n) is 8.92. The molecular weight excluding hydrogens is 372 g/mol. The van der Waals surface area contributed by atoms with Gasteiger partial charge in [-0.2, -0.15) is 5.26 Å². The van der Waals surface area contributed by atoms with Crippen molar-refractivity contribution in [1.29, 1.82) is 5.26 Å². The molecule has 0 aliphatic carbocycles. The largest absolute Gasteiger partial charge is 0.457 e. The van der Waals surface area contributed by atoms with Gasteiger partial charge in [0.25, 0.3) is 0 Å². The number of hydrogen-bond donors (Lipinski definition) is 1. The Morgan fingerprint density at radius 2 is 1.89 bits per heavy atom. The van der Waals surface area contributed by atoms with Crippen LogP contribution in [0, 0.1) is 11.3 Å². The maximum absolute atomic E-state index is 12.3. The summed E-state index contributed by atoms with van der Waals surface area (Å²) in [6, 6.07) is 22.0. The number of rotatable bonds is 6. The Bertz CT molecular complexity index is 1030. The maximum atomic E-state index is 12.3. The minimum absolute atomic E-state index is 0.101. The van der Waals surface area contributed by atoms with Crippen molar-refractivity contribution in [3.63, 3.8) is 0 Å². The number of amides is 1. The number of anilines is 1. The molecule has 0 heterocycles. The second-order valence-electron chi connectivity index (χ2n) is 6.28. The Labute approximate surface area is 169 Å². The van der Waals surface area contributed by atoms with Crippen LogP contribution in [-0.2, 0) is 17.6 Å². The zero-order valence-electron chi connectivity index (χ0n) is 15.4. The van der Waals surface area contributed by atoms with Gasteiger partial charge in [0.05, 0.1) is 18.1 Å². The van der Waals surface area contributed by atoms with E-state index >= 15 is 0 Å². The average Bonchev–Trinajstić information content (AvgIpc) is 2.68. The number of ether oxygens (including phenoxy) is 1. The second-order valence-corrected chi connectivity index (χ2v) is 6.71. The lowest BCUT2D eigenvalue weighted by atomic mass is 10.1. The highest BCUT2D eigenvalue weighted by atomic mass is 35.5. The van der Waals surface area contributed by atoms with Crippen LogP contribution < -0.4 is 10.1 Å². The van der Waals surface area contributed by atoms with Crippen LogP contribution in [0.25, 0.3) is 0 Å². The standard InChI is InChI=1S/C23H19ClN2O2/c1-2-18-9-8-16(13-23(27)26-20-6-4-3-5-7-20)12-22(18)28-21-11-17(15-25)10-19(24)14-21/h3-12,14H,2,13H2,1H3,(H,26,27). The minimum Gasteiger partial charge on any atom is -0.457 e. The van der Waals surface area contributed by atoms with Crippen LogP contribution >= 0.6 is 11.6 Å². The van der Waals surface area contributed by atoms with Crippen LogP contribution in [0.5, 0.6) is 11.5 Å². The van der Waals surface area contributed by atoms with Gasteiger partial charge in [0.2, 0.25) is 5.91 Å². The van der Waals surface area contributed by atoms with Crippen LogP contribution in [-0.4, -0.2) is 5.91 Å². The van der Waals surface area contributed by atoms with E-state index in [1.165, 1.54) is 0 Å². The van der Waals surface area contributed by atoms with Crippen LogP contribution in [0.3, 0.4) is 0 Å². The van der Waals surface area contributed by atoms with Crippen molar-refractivity contribution in [2.75, 3.05) is 5.32 Å². The van der Waals surface area contributed by atoms with Crippen LogP contribution in [0.15, 0.2) is 66.7 Å². The minimum atomic E-state index is -0.101. The molecule has 3 rings (SSSR count). The summed E-state index contributed by atoms with van der Waals surface area (Å²) in [5.74, 6) is 1.04. The van der Waals surface area contributed by atoms with E-state index in [0.29, 0.717) is 22.1 Å². The van der Waals surface area contributed by atoms with Gasteiger partial charge in [-0.3, -0.25) is 4.79 Å². The number of nitriles is 1. The Morgan fingerprint density at radius 3 is 2.61 bits per heavy atom. The van der Waals surface area contributed by atoms with E-state index < -0.39 is 0 Å². The van der Waals surface area contributed by atoms with E-state index in [2.05, 4.69) is 11.4 Å². The summed E-state index contributed by atoms with van der Waals surface area (Å²) in [7, 11) is 0. The van der Waals surface area contributed by atoms with Gasteiger partial charge in [-0.05, 0) is 53.9 Å². The number of carbonyl (C=O) groups is 1. The molecule has 0 aromatic heterocycles. The Hall–Kier alpha value is -3.29. The van der Waals surface area contributed by atoms with Gasteiger partial charge < -0.3 is 10.1 Å². The van der Waals surface area contributed by atoms with E-state index in [-0.39, 0.29) is 12.3 Å². The molecule has 0 aliphatic heterocycles. The zero-order valence-corrected chi connectivity index (χ0v) is 16.2. The molecule has 0 saturated carbocycles. The summed E-state index contributed by atoms with van der Waals surface area (Å²) < 4.78 is 6.00. The molecule has 4 nitrogen and oxygen atoms in total. The Morgan fingerprint density at radius 1 is 1.11 bits per heavy atom. The van der Waals surface area contributed by atoms with E-state index in [1.807, 2.05) is 55.5 Å². The highest BCUT2D eigenvalue weighted by Crippen LogP contribution is 2.30. The number of nitrogens with one attached hydrogen (secondary N) is 1. The van der Waals surface area contributed by atoms with Gasteiger partial charge in [0.1, 0.15) is 11.5 Å². The summed E-state index contributed by atoms with van der Waals surface area (Å²) in [5, 5.41) is 12.4. The highest BCUT2D eigenvalue weighted by Gasteiger charge is 2.10. The van der Waals surface area contributed by atoms with Crippen molar-refractivity contribution in [3.8, 4) is 17.6 Å². The maximum Gasteiger partial charge on any atom is 0.228 e. The Balaban J connectivity index is 1.79. The number of nitrogens with zero attached hydrogens (tertiary/aromatic N) is 1. The number of halogens is 1. The Kier molecular flexibility index (Phi) is 6.31. The van der Waals surface area contributed by atoms with Crippen LogP contribution in [0.1, 0.15) is 23.6 Å². The van der Waals surface area contributed by atoms with Crippen molar-refractivity contribution in [2.45, 2.75) is 19.8 Å². The number of hydrogen-bond acceptors (Lipinski definition) is 3. The van der Waals surface area contributed by atoms with Crippen LogP contribution in [0.4, 0.5) is 5.69 Å². The molecule has 1 amide bonds. The second kappa shape index (κ2) is 9.07. The fourth-order valence-electron chi connectivity index (χ4n) is 2.82. The average molecular weight is 391 g/mol. The fraction of sp³-hybridized carbons (Fsp3) is 0.130. The summed E-state index contributed by atoms with van der Waals surface area (Å²) in [6.07, 6.45) is 1.01. The molecule has 0 saturated heterocycles. The summed E-state index contributed by atoms with van der Waals surface area (Å²) in [5.41, 5.74) is 3.03. The van der Waals surface area contributed by atoms with Crippen molar-refractivity contribution in [3.05, 3.63) is 88.4 Å². The van der Waals surface area contributed by atoms with Gasteiger partial charge in [0.15, 0.2) is 0 Å². The predicted molar refractivity (Wildman–Crippen MR) is 111 cm³/mol. The topological polar surface area (TPSA) is 62.1 Å². The summed E-state index contributed by atoms with van der Waals surface area (Å²) in [6.45, 7) is 2.03. The number of carbonyl (C=O) groups excluding carboxylic acids is 1. The molecule has 0 aliphatic rings. The van der Waals surface area contributed by atoms with Crippen LogP contribution in [0.2, 0.25) is 5.02 Å². The predicted octanol–water partition coefficient (Wildman–Crippen LogP) is 5.75. The molecule has 0 fully saturated rings. The lowest BCUT2D eigenvalue weighted by Gasteiger charge is -2.13. The first-order chi connectivity index (χ1) is 13.6. The van der Waals surface area contributed by atoms with Gasteiger partial charge in [-0.1, -0.05) is 48.9 Å². The number of para-hydroxylation sites is 1. The molecule has 3 aromatic carbocycles. The number of benzene rings is 3. The molecule has 0 bridgehead atoms. The SMILES string of the molecule is CCc1ccc(CC(=O)Nc2ccccc2)cc1Oc1cc(Cl)cc(C#N)c1. The first kappa shape index (κ1) is 19.5. The van der Waals surface area contributed by atoms with E-state index in [4.69, 9.17) is 21.6 Å². The van der Waals surface area contributed by atoms with Gasteiger partial charge in [-0.25, -0.2) is 0 Å². The van der Waals surface area contributed by atoms with Gasteiger partial charge in [-0.15, -0.1) is 0 Å². The summed E-state index contributed by atoms with van der Waals surface area (Å²) in [4.78, 5) is 12.3. The highest BCUT2D eigenvalue weighted by molar-refractivity contribution is 6.30. The first-order valence-corrected chi connectivity index (χ1v) is 9.30. The molecule has 0 radical (unpaired) electrons. The third-order valence-corrected chi connectivity index (χ3v) is 4.38. The number of aryl methyl sites for hydroxylation is 1. The summed E-state index contributed by atoms with van der Waals surface area (Å²) >= 11 is 6.06. The van der Waals surface area contributed by atoms with Gasteiger partial charge >= 0.3 is 0 Å². The molecule has 28 heavy (non-hydrogen) atoms. The third kappa shape index (κ3) is 5.12. The molecule has 0 unspecified atom stereocenters. The molecule has 140 valence electrons. The normalized spacial score (nSPS) is 10.2. The third-order valence-electron chi connectivity index (χ3n) is 4.16. The quantitative estimate of drug-likeness (QED) is 0.583. The lowest BCUT2D eigenvalue weighted by Crippen LogP contribution is -2.14. The van der Waals surface area contributed by atoms with Crippen molar-refractivity contribution >= 4 is 23.2 Å². The molecule has 1 N–H and O–H groups in total. The lowest BCUT2D eigenvalue weighted by molar-refractivity contribution is -0.115. The fourth-order valence-corrected chi connectivity index (χ4v) is 3.05.